The predicted octanol–water partition coefficient (Wildman–Crippen LogP) is 4.21. The van der Waals surface area contributed by atoms with Crippen LogP contribution in [0.3, 0.4) is 0 Å². The second-order valence-corrected chi connectivity index (χ2v) is 7.25. The van der Waals surface area contributed by atoms with Crippen LogP contribution in [0.4, 0.5) is 5.69 Å². The van der Waals surface area contributed by atoms with Gasteiger partial charge in [0.25, 0.3) is 0 Å². The Morgan fingerprint density at radius 2 is 2.10 bits per heavy atom. The number of hydrogen-bond donors (Lipinski definition) is 2. The Morgan fingerprint density at radius 1 is 1.31 bits per heavy atom. The van der Waals surface area contributed by atoms with Crippen LogP contribution in [0.1, 0.15) is 36.3 Å². The minimum atomic E-state index is -0.563. The van der Waals surface area contributed by atoms with Crippen molar-refractivity contribution < 1.29 is 19.1 Å². The smallest absolute Gasteiger partial charge is 0.343 e. The molecule has 2 N–H and O–H groups in total. The van der Waals surface area contributed by atoms with Gasteiger partial charge in [-0.15, -0.1) is 0 Å². The van der Waals surface area contributed by atoms with Gasteiger partial charge in [0.15, 0.2) is 0 Å². The maximum Gasteiger partial charge on any atom is 0.343 e. The molecule has 1 aliphatic carbocycles. The fourth-order valence-corrected chi connectivity index (χ4v) is 3.72. The molecule has 1 amide bonds. The lowest BCUT2D eigenvalue weighted by Crippen LogP contribution is -2.16. The first-order chi connectivity index (χ1) is 14.0. The summed E-state index contributed by atoms with van der Waals surface area (Å²) in [7, 11) is 1.52. The summed E-state index contributed by atoms with van der Waals surface area (Å²) in [6.45, 7) is 3.58. The Labute approximate surface area is 168 Å². The lowest BCUT2D eigenvalue weighted by Gasteiger charge is -2.19. The van der Waals surface area contributed by atoms with Crippen molar-refractivity contribution in [2.75, 3.05) is 12.4 Å². The Kier molecular flexibility index (Phi) is 5.01. The quantitative estimate of drug-likeness (QED) is 0.614. The van der Waals surface area contributed by atoms with E-state index in [4.69, 9.17) is 9.15 Å². The predicted molar refractivity (Wildman–Crippen MR) is 110 cm³/mol. The van der Waals surface area contributed by atoms with E-state index in [1.807, 2.05) is 18.2 Å². The highest BCUT2D eigenvalue weighted by molar-refractivity contribution is 5.91. The molecule has 0 bridgehead atoms. The van der Waals surface area contributed by atoms with Gasteiger partial charge in [0.2, 0.25) is 5.91 Å². The molecule has 3 aromatic rings. The summed E-state index contributed by atoms with van der Waals surface area (Å²) in [6.07, 6.45) is 2.05. The molecule has 4 rings (SSSR count). The van der Waals surface area contributed by atoms with Crippen LogP contribution in [0.5, 0.6) is 11.5 Å². The normalized spacial score (nSPS) is 14.6. The van der Waals surface area contributed by atoms with Gasteiger partial charge >= 0.3 is 5.63 Å². The Balaban J connectivity index is 1.83. The lowest BCUT2D eigenvalue weighted by molar-refractivity contribution is -0.115. The van der Waals surface area contributed by atoms with Crippen molar-refractivity contribution >= 4 is 22.6 Å². The molecular weight excluding hydrogens is 370 g/mol. The van der Waals surface area contributed by atoms with Crippen molar-refractivity contribution in [2.45, 2.75) is 25.2 Å². The van der Waals surface area contributed by atoms with Gasteiger partial charge in [0.05, 0.1) is 18.1 Å². The van der Waals surface area contributed by atoms with Crippen molar-refractivity contribution in [1.82, 2.24) is 0 Å². The van der Waals surface area contributed by atoms with Gasteiger partial charge < -0.3 is 19.6 Å². The van der Waals surface area contributed by atoms with Crippen LogP contribution in [-0.2, 0) is 4.79 Å². The standard InChI is InChI=1S/C23H22NO5/c1-3-19(25)24-15-6-4-5-14(11-15)20(13-7-8-13)21-22(26)17-10-9-16(28-2)12-18(17)29-23(21)27/h4-6,9-13,20,26H,1,3,7-8H2,2H3,(H,24,25). The number of anilines is 1. The molecule has 0 saturated heterocycles. The number of rotatable bonds is 6. The van der Waals surface area contributed by atoms with Crippen molar-refractivity contribution in [2.24, 2.45) is 5.92 Å². The van der Waals surface area contributed by atoms with Gasteiger partial charge in [-0.05, 0) is 55.5 Å². The summed E-state index contributed by atoms with van der Waals surface area (Å²) in [5, 5.41) is 14.2. The van der Waals surface area contributed by atoms with Crippen LogP contribution in [0.2, 0.25) is 0 Å². The number of fused-ring (bicyclic) bond motifs is 1. The number of methoxy groups -OCH3 is 1. The molecule has 1 atom stereocenters. The number of aromatic hydroxyl groups is 1. The fraction of sp³-hybridized carbons (Fsp3) is 0.261. The van der Waals surface area contributed by atoms with E-state index in [9.17, 15) is 14.7 Å². The van der Waals surface area contributed by atoms with Crippen molar-refractivity contribution in [3.8, 4) is 11.5 Å². The van der Waals surface area contributed by atoms with Gasteiger partial charge in [-0.1, -0.05) is 12.1 Å². The van der Waals surface area contributed by atoms with Gasteiger partial charge in [0.1, 0.15) is 17.1 Å². The summed E-state index contributed by atoms with van der Waals surface area (Å²) < 4.78 is 10.7. The van der Waals surface area contributed by atoms with Crippen molar-refractivity contribution in [3.05, 3.63) is 70.9 Å². The molecule has 1 radical (unpaired) electrons. The summed E-state index contributed by atoms with van der Waals surface area (Å²) in [6, 6.07) is 12.3. The number of ether oxygens (including phenoxy) is 1. The highest BCUT2D eigenvalue weighted by atomic mass is 16.5. The molecule has 2 aromatic carbocycles. The molecule has 6 nitrogen and oxygen atoms in total. The third-order valence-corrected chi connectivity index (χ3v) is 5.28. The number of carbonyl (C=O) groups excluding carboxylic acids is 1. The molecule has 1 saturated carbocycles. The second kappa shape index (κ2) is 7.62. The van der Waals surface area contributed by atoms with Crippen LogP contribution in [0, 0.1) is 12.8 Å². The number of hydrogen-bond acceptors (Lipinski definition) is 5. The Bertz CT molecular complexity index is 1130. The first-order valence-electron chi connectivity index (χ1n) is 9.54. The van der Waals surface area contributed by atoms with E-state index in [1.54, 1.807) is 24.3 Å². The highest BCUT2D eigenvalue weighted by Crippen LogP contribution is 2.49. The van der Waals surface area contributed by atoms with E-state index in [0.29, 0.717) is 16.8 Å². The minimum absolute atomic E-state index is 0.0667. The molecule has 6 heteroatoms. The molecule has 1 aliphatic rings. The average molecular weight is 392 g/mol. The summed E-state index contributed by atoms with van der Waals surface area (Å²) >= 11 is 0. The number of benzene rings is 2. The van der Waals surface area contributed by atoms with Crippen molar-refractivity contribution in [3.63, 3.8) is 0 Å². The second-order valence-electron chi connectivity index (χ2n) is 7.25. The van der Waals surface area contributed by atoms with Crippen molar-refractivity contribution in [1.29, 1.82) is 0 Å². The monoisotopic (exact) mass is 392 g/mol. The summed E-state index contributed by atoms with van der Waals surface area (Å²) in [4.78, 5) is 24.6. The molecule has 0 aliphatic heterocycles. The van der Waals surface area contributed by atoms with Crippen LogP contribution < -0.4 is 15.7 Å². The largest absolute Gasteiger partial charge is 0.507 e. The van der Waals surface area contributed by atoms with Crippen LogP contribution in [-0.4, -0.2) is 18.1 Å². The van der Waals surface area contributed by atoms with Crippen LogP contribution in [0.25, 0.3) is 11.0 Å². The average Bonchev–Trinajstić information content (AvgIpc) is 3.55. The third-order valence-electron chi connectivity index (χ3n) is 5.28. The zero-order chi connectivity index (χ0) is 20.5. The molecule has 149 valence electrons. The van der Waals surface area contributed by atoms with Gasteiger partial charge in [-0.25, -0.2) is 4.79 Å². The maximum atomic E-state index is 12.9. The molecular formula is C23H22NO5. The van der Waals surface area contributed by atoms with E-state index >= 15 is 0 Å². The molecule has 0 spiro atoms. The summed E-state index contributed by atoms with van der Waals surface area (Å²) in [5.41, 5.74) is 1.46. The van der Waals surface area contributed by atoms with E-state index < -0.39 is 5.63 Å². The van der Waals surface area contributed by atoms with E-state index in [0.717, 1.165) is 18.4 Å². The summed E-state index contributed by atoms with van der Waals surface area (Å²) in [5.74, 6) is 0.211. The van der Waals surface area contributed by atoms with E-state index in [2.05, 4.69) is 12.2 Å². The number of carbonyl (C=O) groups is 1. The molecule has 1 heterocycles. The molecule has 1 aromatic heterocycles. The number of amides is 1. The third kappa shape index (κ3) is 3.70. The van der Waals surface area contributed by atoms with Gasteiger partial charge in [-0.3, -0.25) is 4.79 Å². The lowest BCUT2D eigenvalue weighted by atomic mass is 9.86. The van der Waals surface area contributed by atoms with E-state index in [1.165, 1.54) is 7.11 Å². The molecule has 1 unspecified atom stereocenters. The van der Waals surface area contributed by atoms with Gasteiger partial charge in [0, 0.05) is 24.1 Å². The Morgan fingerprint density at radius 3 is 2.79 bits per heavy atom. The minimum Gasteiger partial charge on any atom is -0.507 e. The van der Waals surface area contributed by atoms with Gasteiger partial charge in [-0.2, -0.15) is 0 Å². The van der Waals surface area contributed by atoms with Crippen LogP contribution >= 0.6 is 0 Å². The molecule has 1 fully saturated rings. The Hall–Kier alpha value is -3.28. The first-order valence-corrected chi connectivity index (χ1v) is 9.54. The van der Waals surface area contributed by atoms with E-state index in [-0.39, 0.29) is 41.1 Å². The SMILES string of the molecule is [CH2]CC(=O)Nc1cccc(C(c2c(O)c3ccc(OC)cc3oc2=O)C2CC2)c1. The zero-order valence-electron chi connectivity index (χ0n) is 16.1. The molecule has 29 heavy (non-hydrogen) atoms. The highest BCUT2D eigenvalue weighted by Gasteiger charge is 2.38. The van der Waals surface area contributed by atoms with Crippen LogP contribution in [0.15, 0.2) is 51.7 Å². The zero-order valence-corrected chi connectivity index (χ0v) is 16.1. The maximum absolute atomic E-state index is 12.9. The fourth-order valence-electron chi connectivity index (χ4n) is 3.72. The first kappa shape index (κ1) is 19.1. The topological polar surface area (TPSA) is 88.8 Å². The number of nitrogens with one attached hydrogen (secondary N) is 1.